The molecule has 1 spiro atoms. The molecule has 4 atom stereocenters. The molecule has 0 radical (unpaired) electrons. The van der Waals surface area contributed by atoms with E-state index in [0.29, 0.717) is 6.10 Å². The summed E-state index contributed by atoms with van der Waals surface area (Å²) in [5.74, 6) is 1.65. The van der Waals surface area contributed by atoms with E-state index < -0.39 is 0 Å². The molecule has 120 valence electrons. The van der Waals surface area contributed by atoms with E-state index in [1.165, 1.54) is 70.9 Å². The highest BCUT2D eigenvalue weighted by Crippen LogP contribution is 2.48. The predicted octanol–water partition coefficient (Wildman–Crippen LogP) is 3.57. The number of hydrogen-bond acceptors (Lipinski definition) is 3. The van der Waals surface area contributed by atoms with Gasteiger partial charge in [-0.2, -0.15) is 0 Å². The summed E-state index contributed by atoms with van der Waals surface area (Å²) in [6.45, 7) is 4.44. The van der Waals surface area contributed by atoms with Crippen LogP contribution >= 0.6 is 0 Å². The number of fused-ring (bicyclic) bond motifs is 1. The average Bonchev–Trinajstić information content (AvgIpc) is 2.90. The van der Waals surface area contributed by atoms with Crippen LogP contribution in [-0.4, -0.2) is 43.0 Å². The SMILES string of the molecule is C1CCN(C[C@H]2CO[C@@]3(CC[C@@H]4CCCC[C@@H]4C3)O2)CC1. The van der Waals surface area contributed by atoms with Crippen LogP contribution in [0, 0.1) is 11.8 Å². The van der Waals surface area contributed by atoms with E-state index in [9.17, 15) is 0 Å². The zero-order valence-electron chi connectivity index (χ0n) is 13.4. The van der Waals surface area contributed by atoms with Crippen molar-refractivity contribution in [2.75, 3.05) is 26.2 Å². The van der Waals surface area contributed by atoms with E-state index >= 15 is 0 Å². The van der Waals surface area contributed by atoms with Crippen molar-refractivity contribution in [1.29, 1.82) is 0 Å². The largest absolute Gasteiger partial charge is 0.347 e. The highest BCUT2D eigenvalue weighted by molar-refractivity contribution is 4.92. The van der Waals surface area contributed by atoms with Crippen molar-refractivity contribution in [3.63, 3.8) is 0 Å². The Balaban J connectivity index is 1.32. The van der Waals surface area contributed by atoms with Crippen LogP contribution in [0.1, 0.15) is 64.2 Å². The Hall–Kier alpha value is -0.120. The van der Waals surface area contributed by atoms with Gasteiger partial charge in [0.2, 0.25) is 0 Å². The maximum Gasteiger partial charge on any atom is 0.169 e. The number of rotatable bonds is 2. The second-order valence-corrected chi connectivity index (χ2v) is 7.87. The van der Waals surface area contributed by atoms with Gasteiger partial charge < -0.3 is 14.4 Å². The third kappa shape index (κ3) is 3.16. The van der Waals surface area contributed by atoms with Crippen LogP contribution in [0.5, 0.6) is 0 Å². The summed E-state index contributed by atoms with van der Waals surface area (Å²) in [5.41, 5.74) is 0. The molecule has 2 saturated carbocycles. The molecule has 0 aromatic rings. The number of piperidine rings is 1. The normalized spacial score (nSPS) is 44.9. The van der Waals surface area contributed by atoms with Crippen molar-refractivity contribution in [1.82, 2.24) is 4.90 Å². The van der Waals surface area contributed by atoms with Crippen molar-refractivity contribution in [3.05, 3.63) is 0 Å². The van der Waals surface area contributed by atoms with Crippen LogP contribution < -0.4 is 0 Å². The van der Waals surface area contributed by atoms with Crippen LogP contribution in [0.2, 0.25) is 0 Å². The quantitative estimate of drug-likeness (QED) is 0.777. The zero-order chi connectivity index (χ0) is 14.1. The van der Waals surface area contributed by atoms with Gasteiger partial charge in [0.1, 0.15) is 0 Å². The maximum atomic E-state index is 6.48. The fourth-order valence-electron chi connectivity index (χ4n) is 5.21. The topological polar surface area (TPSA) is 21.7 Å². The van der Waals surface area contributed by atoms with E-state index in [4.69, 9.17) is 9.47 Å². The molecule has 2 heterocycles. The first-order valence-electron chi connectivity index (χ1n) is 9.37. The molecule has 4 aliphatic rings. The Morgan fingerprint density at radius 2 is 1.71 bits per heavy atom. The lowest BCUT2D eigenvalue weighted by Crippen LogP contribution is -2.43. The molecule has 0 bridgehead atoms. The highest BCUT2D eigenvalue weighted by Gasteiger charge is 2.48. The summed E-state index contributed by atoms with van der Waals surface area (Å²) in [7, 11) is 0. The molecule has 0 aromatic carbocycles. The highest BCUT2D eigenvalue weighted by atomic mass is 16.7. The molecular formula is C18H31NO2. The number of likely N-dealkylation sites (tertiary alicyclic amines) is 1. The summed E-state index contributed by atoms with van der Waals surface area (Å²) in [6, 6.07) is 0. The minimum Gasteiger partial charge on any atom is -0.347 e. The second-order valence-electron chi connectivity index (χ2n) is 7.87. The third-order valence-corrected chi connectivity index (χ3v) is 6.36. The van der Waals surface area contributed by atoms with Gasteiger partial charge in [0.15, 0.2) is 5.79 Å². The lowest BCUT2D eigenvalue weighted by atomic mass is 9.69. The van der Waals surface area contributed by atoms with E-state index in [1.54, 1.807) is 0 Å². The van der Waals surface area contributed by atoms with Crippen LogP contribution in [-0.2, 0) is 9.47 Å². The summed E-state index contributed by atoms with van der Waals surface area (Å²) >= 11 is 0. The average molecular weight is 293 g/mol. The lowest BCUT2D eigenvalue weighted by molar-refractivity contribution is -0.208. The van der Waals surface area contributed by atoms with Gasteiger partial charge in [0.05, 0.1) is 12.7 Å². The molecule has 2 aliphatic carbocycles. The fraction of sp³-hybridized carbons (Fsp3) is 1.00. The van der Waals surface area contributed by atoms with Crippen molar-refractivity contribution in [3.8, 4) is 0 Å². The van der Waals surface area contributed by atoms with Crippen LogP contribution in [0.25, 0.3) is 0 Å². The summed E-state index contributed by atoms with van der Waals surface area (Å²) in [6.07, 6.45) is 13.9. The smallest absolute Gasteiger partial charge is 0.169 e. The Labute approximate surface area is 129 Å². The molecule has 0 aromatic heterocycles. The van der Waals surface area contributed by atoms with Crippen molar-refractivity contribution in [2.24, 2.45) is 11.8 Å². The number of hydrogen-bond donors (Lipinski definition) is 0. The molecule has 0 amide bonds. The molecule has 2 saturated heterocycles. The van der Waals surface area contributed by atoms with E-state index in [1.807, 2.05) is 0 Å². The van der Waals surface area contributed by atoms with Crippen LogP contribution in [0.4, 0.5) is 0 Å². The molecule has 0 N–H and O–H groups in total. The molecule has 0 unspecified atom stereocenters. The minimum atomic E-state index is -0.195. The number of ether oxygens (including phenoxy) is 2. The van der Waals surface area contributed by atoms with Gasteiger partial charge in [0, 0.05) is 19.4 Å². The van der Waals surface area contributed by atoms with Gasteiger partial charge in [0.25, 0.3) is 0 Å². The monoisotopic (exact) mass is 293 g/mol. The first-order valence-corrected chi connectivity index (χ1v) is 9.37. The van der Waals surface area contributed by atoms with Gasteiger partial charge in [-0.1, -0.05) is 25.7 Å². The lowest BCUT2D eigenvalue weighted by Gasteiger charge is -2.43. The van der Waals surface area contributed by atoms with Gasteiger partial charge in [-0.15, -0.1) is 0 Å². The van der Waals surface area contributed by atoms with Crippen molar-refractivity contribution < 1.29 is 9.47 Å². The van der Waals surface area contributed by atoms with Gasteiger partial charge >= 0.3 is 0 Å². The molecule has 21 heavy (non-hydrogen) atoms. The Kier molecular flexibility index (Phi) is 4.25. The molecule has 4 rings (SSSR count). The first kappa shape index (κ1) is 14.5. The zero-order valence-corrected chi connectivity index (χ0v) is 13.4. The van der Waals surface area contributed by atoms with Gasteiger partial charge in [-0.05, 0) is 50.6 Å². The van der Waals surface area contributed by atoms with Gasteiger partial charge in [-0.3, -0.25) is 0 Å². The molecule has 3 heteroatoms. The van der Waals surface area contributed by atoms with E-state index in [2.05, 4.69) is 4.90 Å². The first-order chi connectivity index (χ1) is 10.3. The summed E-state index contributed by atoms with van der Waals surface area (Å²) < 4.78 is 12.7. The van der Waals surface area contributed by atoms with Gasteiger partial charge in [-0.25, -0.2) is 0 Å². The molecular weight excluding hydrogens is 262 g/mol. The third-order valence-electron chi connectivity index (χ3n) is 6.36. The fourth-order valence-corrected chi connectivity index (χ4v) is 5.21. The molecule has 2 aliphatic heterocycles. The van der Waals surface area contributed by atoms with E-state index in [-0.39, 0.29) is 5.79 Å². The van der Waals surface area contributed by atoms with Crippen LogP contribution in [0.15, 0.2) is 0 Å². The van der Waals surface area contributed by atoms with Crippen LogP contribution in [0.3, 0.4) is 0 Å². The van der Waals surface area contributed by atoms with Crippen molar-refractivity contribution >= 4 is 0 Å². The Morgan fingerprint density at radius 3 is 2.57 bits per heavy atom. The standard InChI is InChI=1S/C18H31NO2/c1-4-10-19(11-5-1)13-17-14-20-18(21-17)9-8-15-6-2-3-7-16(15)12-18/h15-17H,1-14H2/t15-,16+,17-,18-/m0/s1. The summed E-state index contributed by atoms with van der Waals surface area (Å²) in [5, 5.41) is 0. The molecule has 3 nitrogen and oxygen atoms in total. The van der Waals surface area contributed by atoms with E-state index in [0.717, 1.165) is 31.4 Å². The Morgan fingerprint density at radius 1 is 0.905 bits per heavy atom. The second kappa shape index (κ2) is 6.17. The van der Waals surface area contributed by atoms with Crippen molar-refractivity contribution in [2.45, 2.75) is 76.1 Å². The molecule has 4 fully saturated rings. The number of nitrogens with zero attached hydrogens (tertiary/aromatic N) is 1. The minimum absolute atomic E-state index is 0.195. The maximum absolute atomic E-state index is 6.48. The predicted molar refractivity (Wildman–Crippen MR) is 83.1 cm³/mol. The summed E-state index contributed by atoms with van der Waals surface area (Å²) in [4.78, 5) is 2.59. The Bertz CT molecular complexity index is 355.